The van der Waals surface area contributed by atoms with E-state index in [9.17, 15) is 9.59 Å². The summed E-state index contributed by atoms with van der Waals surface area (Å²) >= 11 is 0. The molecule has 2 amide bonds. The van der Waals surface area contributed by atoms with Crippen LogP contribution in [0.3, 0.4) is 0 Å². The molecule has 0 radical (unpaired) electrons. The van der Waals surface area contributed by atoms with E-state index in [1.165, 1.54) is 0 Å². The van der Waals surface area contributed by atoms with Gasteiger partial charge in [0, 0.05) is 44.0 Å². The predicted octanol–water partition coefficient (Wildman–Crippen LogP) is 1.13. The SMILES string of the molecule is O=C(c1ccccn1)N1CC[C@@]2(C1)C(=O)NC[C@@H]2COc1ccccn1. The molecule has 2 aliphatic heterocycles. The van der Waals surface area contributed by atoms with Gasteiger partial charge in [-0.05, 0) is 24.6 Å². The second-order valence-electron chi connectivity index (χ2n) is 6.73. The van der Waals surface area contributed by atoms with Crippen molar-refractivity contribution in [2.45, 2.75) is 6.42 Å². The van der Waals surface area contributed by atoms with Crippen LogP contribution in [-0.4, -0.2) is 52.9 Å². The van der Waals surface area contributed by atoms with E-state index in [1.807, 2.05) is 12.1 Å². The highest BCUT2D eigenvalue weighted by molar-refractivity contribution is 5.94. The molecule has 4 heterocycles. The Morgan fingerprint density at radius 3 is 2.77 bits per heavy atom. The summed E-state index contributed by atoms with van der Waals surface area (Å²) in [5.41, 5.74) is -0.191. The van der Waals surface area contributed by atoms with E-state index in [0.29, 0.717) is 44.2 Å². The van der Waals surface area contributed by atoms with Crippen molar-refractivity contribution in [3.05, 3.63) is 54.5 Å². The number of nitrogens with zero attached hydrogens (tertiary/aromatic N) is 3. The van der Waals surface area contributed by atoms with Gasteiger partial charge in [-0.3, -0.25) is 14.6 Å². The normalized spacial score (nSPS) is 24.7. The third-order valence-corrected chi connectivity index (χ3v) is 5.28. The molecule has 2 aromatic heterocycles. The summed E-state index contributed by atoms with van der Waals surface area (Å²) in [5.74, 6) is 0.412. The van der Waals surface area contributed by atoms with Gasteiger partial charge in [-0.2, -0.15) is 0 Å². The topological polar surface area (TPSA) is 84.4 Å². The molecule has 2 fully saturated rings. The Morgan fingerprint density at radius 1 is 1.23 bits per heavy atom. The smallest absolute Gasteiger partial charge is 0.272 e. The van der Waals surface area contributed by atoms with Gasteiger partial charge in [-0.25, -0.2) is 4.98 Å². The highest BCUT2D eigenvalue weighted by Gasteiger charge is 2.55. The minimum absolute atomic E-state index is 0.00135. The summed E-state index contributed by atoms with van der Waals surface area (Å²) in [7, 11) is 0. The van der Waals surface area contributed by atoms with E-state index in [4.69, 9.17) is 4.74 Å². The van der Waals surface area contributed by atoms with Crippen molar-refractivity contribution in [2.24, 2.45) is 11.3 Å². The molecule has 2 saturated heterocycles. The number of nitrogens with one attached hydrogen (secondary N) is 1. The van der Waals surface area contributed by atoms with Gasteiger partial charge in [0.25, 0.3) is 5.91 Å². The number of carbonyl (C=O) groups is 2. The molecule has 0 unspecified atom stereocenters. The maximum Gasteiger partial charge on any atom is 0.272 e. The van der Waals surface area contributed by atoms with Crippen LogP contribution in [0.1, 0.15) is 16.9 Å². The van der Waals surface area contributed by atoms with Crippen LogP contribution in [0.2, 0.25) is 0 Å². The van der Waals surface area contributed by atoms with Crippen molar-refractivity contribution in [1.82, 2.24) is 20.2 Å². The lowest BCUT2D eigenvalue weighted by atomic mass is 9.77. The van der Waals surface area contributed by atoms with Crippen LogP contribution in [0.4, 0.5) is 0 Å². The summed E-state index contributed by atoms with van der Waals surface area (Å²) in [4.78, 5) is 35.3. The molecule has 0 aromatic carbocycles. The molecule has 2 aliphatic rings. The fraction of sp³-hybridized carbons (Fsp3) is 0.368. The Bertz CT molecular complexity index is 799. The third kappa shape index (κ3) is 2.89. The summed E-state index contributed by atoms with van der Waals surface area (Å²) in [6.07, 6.45) is 3.91. The van der Waals surface area contributed by atoms with Gasteiger partial charge in [0.2, 0.25) is 11.8 Å². The molecular weight excluding hydrogens is 332 g/mol. The molecule has 7 nitrogen and oxygen atoms in total. The van der Waals surface area contributed by atoms with Gasteiger partial charge in [0.05, 0.1) is 12.0 Å². The summed E-state index contributed by atoms with van der Waals surface area (Å²) in [6.45, 7) is 1.88. The minimum atomic E-state index is -0.598. The lowest BCUT2D eigenvalue weighted by molar-refractivity contribution is -0.128. The summed E-state index contributed by atoms with van der Waals surface area (Å²) in [5, 5.41) is 2.94. The van der Waals surface area contributed by atoms with Crippen LogP contribution in [0.15, 0.2) is 48.8 Å². The maximum atomic E-state index is 12.7. The van der Waals surface area contributed by atoms with Crippen LogP contribution < -0.4 is 10.1 Å². The number of hydrogen-bond acceptors (Lipinski definition) is 5. The van der Waals surface area contributed by atoms with Gasteiger partial charge in [-0.15, -0.1) is 0 Å². The number of hydrogen-bond donors (Lipinski definition) is 1. The Kier molecular flexibility index (Phi) is 4.28. The fourth-order valence-electron chi connectivity index (χ4n) is 3.79. The molecule has 0 bridgehead atoms. The molecule has 7 heteroatoms. The highest BCUT2D eigenvalue weighted by atomic mass is 16.5. The van der Waals surface area contributed by atoms with Gasteiger partial charge < -0.3 is 15.0 Å². The Labute approximate surface area is 151 Å². The van der Waals surface area contributed by atoms with Crippen molar-refractivity contribution >= 4 is 11.8 Å². The molecule has 2 aromatic rings. The number of amides is 2. The van der Waals surface area contributed by atoms with Gasteiger partial charge >= 0.3 is 0 Å². The van der Waals surface area contributed by atoms with Crippen molar-refractivity contribution in [3.8, 4) is 5.88 Å². The molecular formula is C19H20N4O3. The first-order valence-electron chi connectivity index (χ1n) is 8.71. The number of likely N-dealkylation sites (tertiary alicyclic amines) is 1. The van der Waals surface area contributed by atoms with E-state index in [0.717, 1.165) is 0 Å². The highest BCUT2D eigenvalue weighted by Crippen LogP contribution is 2.42. The van der Waals surface area contributed by atoms with Gasteiger partial charge in [0.1, 0.15) is 5.69 Å². The number of rotatable bonds is 4. The van der Waals surface area contributed by atoms with E-state index in [-0.39, 0.29) is 17.7 Å². The predicted molar refractivity (Wildman–Crippen MR) is 93.4 cm³/mol. The number of aromatic nitrogens is 2. The van der Waals surface area contributed by atoms with Crippen LogP contribution in [0.5, 0.6) is 5.88 Å². The minimum Gasteiger partial charge on any atom is -0.477 e. The van der Waals surface area contributed by atoms with Crippen LogP contribution in [0, 0.1) is 11.3 Å². The Hall–Kier alpha value is -2.96. The lowest BCUT2D eigenvalue weighted by Crippen LogP contribution is -2.41. The maximum absolute atomic E-state index is 12.7. The first-order chi connectivity index (χ1) is 12.7. The zero-order valence-corrected chi connectivity index (χ0v) is 14.3. The third-order valence-electron chi connectivity index (χ3n) is 5.28. The molecule has 134 valence electrons. The number of ether oxygens (including phenoxy) is 1. The summed E-state index contributed by atoms with van der Waals surface area (Å²) < 4.78 is 5.79. The van der Waals surface area contributed by atoms with Crippen LogP contribution in [-0.2, 0) is 4.79 Å². The van der Waals surface area contributed by atoms with Crippen LogP contribution in [0.25, 0.3) is 0 Å². The zero-order chi connectivity index (χ0) is 18.0. The number of pyridine rings is 2. The Morgan fingerprint density at radius 2 is 2.04 bits per heavy atom. The molecule has 2 atom stereocenters. The van der Waals surface area contributed by atoms with E-state index < -0.39 is 5.41 Å². The first-order valence-corrected chi connectivity index (χ1v) is 8.71. The van der Waals surface area contributed by atoms with Crippen LogP contribution >= 0.6 is 0 Å². The summed E-state index contributed by atoms with van der Waals surface area (Å²) in [6, 6.07) is 10.7. The van der Waals surface area contributed by atoms with Crippen molar-refractivity contribution in [3.63, 3.8) is 0 Å². The van der Waals surface area contributed by atoms with Crippen molar-refractivity contribution in [1.29, 1.82) is 0 Å². The van der Waals surface area contributed by atoms with Crippen molar-refractivity contribution in [2.75, 3.05) is 26.2 Å². The van der Waals surface area contributed by atoms with Crippen molar-refractivity contribution < 1.29 is 14.3 Å². The molecule has 1 spiro atoms. The molecule has 1 N–H and O–H groups in total. The quantitative estimate of drug-likeness (QED) is 0.892. The van der Waals surface area contributed by atoms with E-state index in [2.05, 4.69) is 15.3 Å². The van der Waals surface area contributed by atoms with E-state index >= 15 is 0 Å². The van der Waals surface area contributed by atoms with E-state index in [1.54, 1.807) is 41.6 Å². The number of carbonyl (C=O) groups excluding carboxylic acids is 2. The average molecular weight is 352 g/mol. The fourth-order valence-corrected chi connectivity index (χ4v) is 3.79. The zero-order valence-electron chi connectivity index (χ0n) is 14.3. The van der Waals surface area contributed by atoms with Gasteiger partial charge in [-0.1, -0.05) is 12.1 Å². The molecule has 26 heavy (non-hydrogen) atoms. The first kappa shape index (κ1) is 16.5. The van der Waals surface area contributed by atoms with Gasteiger partial charge in [0.15, 0.2) is 0 Å². The molecule has 4 rings (SSSR count). The molecule has 0 saturated carbocycles. The largest absolute Gasteiger partial charge is 0.477 e. The monoisotopic (exact) mass is 352 g/mol. The standard InChI is InChI=1S/C19H20N4O3/c24-17(15-5-1-3-8-20-15)23-10-7-19(13-23)14(11-22-18(19)25)12-26-16-6-2-4-9-21-16/h1-6,8-9,14H,7,10-13H2,(H,22,25)/t14-,19+/m1/s1. The Balaban J connectivity index is 1.47. The molecule has 0 aliphatic carbocycles. The average Bonchev–Trinajstić information content (AvgIpc) is 3.27. The second kappa shape index (κ2) is 6.74. The second-order valence-corrected chi connectivity index (χ2v) is 6.73. The lowest BCUT2D eigenvalue weighted by Gasteiger charge is -2.27.